The Bertz CT molecular complexity index is 1060. The molecule has 35 heavy (non-hydrogen) atoms. The molecule has 0 unspecified atom stereocenters. The number of benzene rings is 2. The number of hydrogen-bond acceptors (Lipinski definition) is 2. The molecule has 5 heteroatoms. The molecule has 1 aromatic heterocycles. The van der Waals surface area contributed by atoms with Gasteiger partial charge in [-0.25, -0.2) is 0 Å². The Morgan fingerprint density at radius 1 is 0.800 bits per heavy atom. The fourth-order valence-corrected chi connectivity index (χ4v) is 9.77. The molecule has 0 amide bonds. The molecule has 0 radical (unpaired) electrons. The van der Waals surface area contributed by atoms with Gasteiger partial charge in [0.15, 0.2) is 0 Å². The number of aromatic nitrogens is 2. The maximum absolute atomic E-state index is 10.8. The van der Waals surface area contributed by atoms with Crippen molar-refractivity contribution >= 4 is 29.1 Å². The Labute approximate surface area is 212 Å². The molecule has 0 saturated carbocycles. The van der Waals surface area contributed by atoms with Crippen molar-refractivity contribution in [2.45, 2.75) is 86.1 Å². The number of aliphatic carboxylic acids is 1. The fourth-order valence-electron chi connectivity index (χ4n) is 5.14. The smallest absolute Gasteiger partial charge is 0.303 e. The van der Waals surface area contributed by atoms with E-state index in [1.807, 2.05) is 0 Å². The Hall–Kier alpha value is -2.45. The minimum absolute atomic E-state index is 0.274. The van der Waals surface area contributed by atoms with Crippen LogP contribution in [0.1, 0.15) is 80.7 Å². The van der Waals surface area contributed by atoms with Crippen molar-refractivity contribution < 1.29 is 9.90 Å². The van der Waals surface area contributed by atoms with Gasteiger partial charge in [0.2, 0.25) is 0 Å². The second kappa shape index (κ2) is 12.0. The van der Waals surface area contributed by atoms with Gasteiger partial charge in [0.05, 0.1) is 18.6 Å². The number of aryl methyl sites for hydroxylation is 4. The number of carbonyl (C=O) groups is 1. The molecular weight excluding hydrogens is 451 g/mol. The molecule has 0 saturated heterocycles. The Balaban J connectivity index is 2.08. The molecule has 0 aliphatic rings. The van der Waals surface area contributed by atoms with E-state index in [-0.39, 0.29) is 6.42 Å². The maximum atomic E-state index is 10.8. The van der Waals surface area contributed by atoms with E-state index in [2.05, 4.69) is 95.0 Å². The van der Waals surface area contributed by atoms with Crippen LogP contribution in [0.15, 0.2) is 48.8 Å². The van der Waals surface area contributed by atoms with Crippen molar-refractivity contribution in [3.63, 3.8) is 0 Å². The van der Waals surface area contributed by atoms with Gasteiger partial charge >= 0.3 is 5.97 Å². The zero-order valence-electron chi connectivity index (χ0n) is 22.3. The van der Waals surface area contributed by atoms with E-state index >= 15 is 0 Å². The number of carboxylic acids is 1. The predicted molar refractivity (Wildman–Crippen MR) is 150 cm³/mol. The predicted octanol–water partition coefficient (Wildman–Crippen LogP) is 6.42. The molecule has 3 aromatic rings. The van der Waals surface area contributed by atoms with Gasteiger partial charge in [0.1, 0.15) is 23.2 Å². The first-order valence-electron chi connectivity index (χ1n) is 12.9. The quantitative estimate of drug-likeness (QED) is 0.234. The second-order valence-corrected chi connectivity index (χ2v) is 14.0. The standard InChI is InChI=1S/C30H41N2O2P/c1-22(2)32-21-29(20-31-32)35(27-16-23(3)14-24(4)17-27,28-18-25(5)15-26(6)19-28)13-11-9-7-8-10-12-30(33)34/h14-22H,7-13H2,1-6H3/p+1. The van der Waals surface area contributed by atoms with Gasteiger partial charge in [-0.3, -0.25) is 9.48 Å². The van der Waals surface area contributed by atoms with Gasteiger partial charge in [-0.1, -0.05) is 25.0 Å². The van der Waals surface area contributed by atoms with Crippen molar-refractivity contribution in [1.29, 1.82) is 0 Å². The molecule has 4 nitrogen and oxygen atoms in total. The minimum Gasteiger partial charge on any atom is -0.481 e. The minimum atomic E-state index is -1.93. The molecule has 0 aliphatic carbocycles. The average Bonchev–Trinajstić information content (AvgIpc) is 3.25. The van der Waals surface area contributed by atoms with Gasteiger partial charge in [-0.15, -0.1) is 0 Å². The summed E-state index contributed by atoms with van der Waals surface area (Å²) in [6, 6.07) is 14.4. The second-order valence-electron chi connectivity index (χ2n) is 10.4. The van der Waals surface area contributed by atoms with Crippen LogP contribution in [0.5, 0.6) is 0 Å². The molecule has 0 fully saturated rings. The molecule has 1 heterocycles. The first kappa shape index (κ1) is 27.1. The summed E-state index contributed by atoms with van der Waals surface area (Å²) in [7, 11) is -1.93. The third-order valence-corrected chi connectivity index (χ3v) is 11.1. The number of nitrogens with zero attached hydrogens (tertiary/aromatic N) is 2. The first-order valence-corrected chi connectivity index (χ1v) is 14.9. The Morgan fingerprint density at radius 3 is 1.74 bits per heavy atom. The van der Waals surface area contributed by atoms with E-state index in [1.54, 1.807) is 0 Å². The highest BCUT2D eigenvalue weighted by molar-refractivity contribution is 7.95. The van der Waals surface area contributed by atoms with Crippen molar-refractivity contribution in [1.82, 2.24) is 9.78 Å². The summed E-state index contributed by atoms with van der Waals surface area (Å²) in [6.07, 6.45) is 10.9. The van der Waals surface area contributed by atoms with E-state index in [4.69, 9.17) is 10.2 Å². The van der Waals surface area contributed by atoms with Crippen LogP contribution in [0.2, 0.25) is 0 Å². The van der Waals surface area contributed by atoms with Crippen molar-refractivity contribution in [2.75, 3.05) is 6.16 Å². The zero-order chi connectivity index (χ0) is 25.6. The summed E-state index contributed by atoms with van der Waals surface area (Å²) in [4.78, 5) is 10.8. The molecule has 0 bridgehead atoms. The molecule has 3 rings (SSSR count). The van der Waals surface area contributed by atoms with Gasteiger partial charge in [-0.2, -0.15) is 5.10 Å². The normalized spacial score (nSPS) is 11.9. The Morgan fingerprint density at radius 2 is 1.29 bits per heavy atom. The molecule has 2 aromatic carbocycles. The average molecular weight is 494 g/mol. The monoisotopic (exact) mass is 493 g/mol. The highest BCUT2D eigenvalue weighted by Crippen LogP contribution is 2.56. The summed E-state index contributed by atoms with van der Waals surface area (Å²) in [5.41, 5.74) is 5.22. The van der Waals surface area contributed by atoms with Crippen LogP contribution < -0.4 is 15.9 Å². The van der Waals surface area contributed by atoms with E-state index in [9.17, 15) is 4.79 Å². The van der Waals surface area contributed by atoms with Crippen molar-refractivity contribution in [2.24, 2.45) is 0 Å². The molecule has 0 aliphatic heterocycles. The van der Waals surface area contributed by atoms with Gasteiger partial charge < -0.3 is 5.11 Å². The van der Waals surface area contributed by atoms with Gasteiger partial charge in [0, 0.05) is 12.5 Å². The molecule has 0 atom stereocenters. The number of hydrogen-bond donors (Lipinski definition) is 1. The summed E-state index contributed by atoms with van der Waals surface area (Å²) in [6.45, 7) is 13.2. The van der Waals surface area contributed by atoms with Gasteiger partial charge in [-0.05, 0) is 107 Å². The van der Waals surface area contributed by atoms with Crippen molar-refractivity contribution in [3.8, 4) is 0 Å². The highest BCUT2D eigenvalue weighted by Gasteiger charge is 2.46. The van der Waals surface area contributed by atoms with E-state index in [1.165, 1.54) is 38.2 Å². The van der Waals surface area contributed by atoms with Crippen LogP contribution in [0.25, 0.3) is 0 Å². The van der Waals surface area contributed by atoms with Crippen LogP contribution in [-0.4, -0.2) is 27.0 Å². The maximum Gasteiger partial charge on any atom is 0.303 e. The third-order valence-electron chi connectivity index (χ3n) is 6.74. The van der Waals surface area contributed by atoms with Crippen LogP contribution in [0.4, 0.5) is 0 Å². The number of rotatable bonds is 12. The number of unbranched alkanes of at least 4 members (excludes halogenated alkanes) is 4. The van der Waals surface area contributed by atoms with Crippen molar-refractivity contribution in [3.05, 3.63) is 71.0 Å². The lowest BCUT2D eigenvalue weighted by Gasteiger charge is -2.28. The largest absolute Gasteiger partial charge is 0.481 e. The third kappa shape index (κ3) is 6.82. The summed E-state index contributed by atoms with van der Waals surface area (Å²) in [5.74, 6) is -0.693. The lowest BCUT2D eigenvalue weighted by Crippen LogP contribution is -2.34. The van der Waals surface area contributed by atoms with Crippen LogP contribution in [0, 0.1) is 27.7 Å². The van der Waals surface area contributed by atoms with Crippen LogP contribution in [-0.2, 0) is 4.79 Å². The zero-order valence-corrected chi connectivity index (χ0v) is 23.2. The van der Waals surface area contributed by atoms with Crippen LogP contribution in [0.3, 0.4) is 0 Å². The van der Waals surface area contributed by atoms with E-state index in [0.717, 1.165) is 38.3 Å². The number of carboxylic acid groups (broad SMARTS) is 1. The Kier molecular flexibility index (Phi) is 9.30. The molecule has 0 spiro atoms. The molecular formula is C30H42N2O2P+. The summed E-state index contributed by atoms with van der Waals surface area (Å²) in [5, 5.41) is 18.0. The lowest BCUT2D eigenvalue weighted by atomic mass is 10.1. The SMILES string of the molecule is Cc1cc(C)cc([P+](CCCCCCCC(=O)O)(c2cc(C)cc(C)c2)c2cnn(C(C)C)c2)c1. The summed E-state index contributed by atoms with van der Waals surface area (Å²) < 4.78 is 2.10. The fraction of sp³-hybridized carbons (Fsp3) is 0.467. The topological polar surface area (TPSA) is 55.1 Å². The summed E-state index contributed by atoms with van der Waals surface area (Å²) >= 11 is 0. The van der Waals surface area contributed by atoms with E-state index in [0.29, 0.717) is 6.04 Å². The van der Waals surface area contributed by atoms with Crippen LogP contribution >= 0.6 is 7.26 Å². The first-order chi connectivity index (χ1) is 16.6. The molecule has 1 N–H and O–H groups in total. The molecule has 188 valence electrons. The lowest BCUT2D eigenvalue weighted by molar-refractivity contribution is -0.137. The highest BCUT2D eigenvalue weighted by atomic mass is 31.2. The van der Waals surface area contributed by atoms with E-state index < -0.39 is 13.2 Å². The van der Waals surface area contributed by atoms with Gasteiger partial charge in [0.25, 0.3) is 0 Å².